The molecule has 0 aliphatic carbocycles. The van der Waals surface area contributed by atoms with Gasteiger partial charge in [-0.25, -0.2) is 0 Å². The number of carbonyl (C=O) groups excluding carboxylic acids is 1. The Hall–Kier alpha value is -4.07. The molecule has 0 saturated carbocycles. The number of amides is 1. The molecule has 1 amide bonds. The molecule has 0 saturated heterocycles. The maximum atomic E-state index is 12.3. The summed E-state index contributed by atoms with van der Waals surface area (Å²) in [6.45, 7) is 2.74. The average Bonchev–Trinajstić information content (AvgIpc) is 3.18. The highest BCUT2D eigenvalue weighted by Crippen LogP contribution is 2.26. The molecule has 2 aliphatic heterocycles. The number of para-hydroxylation sites is 2. The summed E-state index contributed by atoms with van der Waals surface area (Å²) in [5, 5.41) is 9.50. The molecule has 0 fully saturated rings. The predicted octanol–water partition coefficient (Wildman–Crippen LogP) is 3.99. The van der Waals surface area contributed by atoms with E-state index >= 15 is 0 Å². The fraction of sp³-hybridized carbons (Fsp3) is 0.208. The Morgan fingerprint density at radius 1 is 1.06 bits per heavy atom. The number of amidine groups is 2. The third-order valence-electron chi connectivity index (χ3n) is 4.76. The van der Waals surface area contributed by atoms with Crippen LogP contribution in [0.3, 0.4) is 0 Å². The van der Waals surface area contributed by atoms with E-state index in [4.69, 9.17) is 24.5 Å². The van der Waals surface area contributed by atoms with Crippen molar-refractivity contribution < 1.29 is 23.8 Å². The van der Waals surface area contributed by atoms with Gasteiger partial charge in [-0.3, -0.25) is 10.2 Å². The summed E-state index contributed by atoms with van der Waals surface area (Å²) in [7, 11) is 1.61. The standard InChI is InChI=1S/C24H23N3O5/c1-16-14-22-26-24(28)19(23(25)27(22)32-16)15-17-8-10-18(11-9-17)30-12-5-13-31-21-7-4-3-6-20(21)29-2/h3-4,6-11,14-15,25H,5,12-13H2,1-2H3/b19-15-,25-23?. The molecule has 0 spiro atoms. The number of rotatable bonds is 8. The average molecular weight is 433 g/mol. The van der Waals surface area contributed by atoms with Crippen molar-refractivity contribution in [2.45, 2.75) is 13.3 Å². The topological polar surface area (TPSA) is 93.4 Å². The highest BCUT2D eigenvalue weighted by molar-refractivity contribution is 6.32. The van der Waals surface area contributed by atoms with Crippen molar-refractivity contribution in [2.75, 3.05) is 20.3 Å². The van der Waals surface area contributed by atoms with Crippen LogP contribution < -0.4 is 14.2 Å². The second kappa shape index (κ2) is 9.38. The minimum absolute atomic E-state index is 0.0385. The van der Waals surface area contributed by atoms with Gasteiger partial charge in [0.15, 0.2) is 23.2 Å². The van der Waals surface area contributed by atoms with Gasteiger partial charge in [0, 0.05) is 12.5 Å². The summed E-state index contributed by atoms with van der Waals surface area (Å²) in [6, 6.07) is 14.8. The minimum atomic E-state index is -0.467. The number of benzene rings is 2. The largest absolute Gasteiger partial charge is 0.493 e. The van der Waals surface area contributed by atoms with Gasteiger partial charge in [0.25, 0.3) is 5.91 Å². The number of methoxy groups -OCH3 is 1. The number of nitrogens with one attached hydrogen (secondary N) is 1. The predicted molar refractivity (Wildman–Crippen MR) is 120 cm³/mol. The number of aliphatic imine (C=N–C) groups is 1. The molecule has 4 rings (SSSR count). The molecule has 0 bridgehead atoms. The lowest BCUT2D eigenvalue weighted by molar-refractivity contribution is -0.114. The Morgan fingerprint density at radius 2 is 1.78 bits per heavy atom. The zero-order valence-electron chi connectivity index (χ0n) is 17.8. The lowest BCUT2D eigenvalue weighted by Gasteiger charge is -2.22. The Bertz CT molecular complexity index is 1120. The van der Waals surface area contributed by atoms with Crippen LogP contribution in [0.2, 0.25) is 0 Å². The van der Waals surface area contributed by atoms with Crippen LogP contribution in [0.1, 0.15) is 18.9 Å². The molecular weight excluding hydrogens is 410 g/mol. The molecule has 2 aliphatic rings. The number of hydroxylamine groups is 2. The first-order valence-corrected chi connectivity index (χ1v) is 10.1. The van der Waals surface area contributed by atoms with Crippen LogP contribution in [0.5, 0.6) is 17.2 Å². The van der Waals surface area contributed by atoms with Crippen molar-refractivity contribution >= 4 is 23.7 Å². The van der Waals surface area contributed by atoms with Crippen LogP contribution in [-0.4, -0.2) is 43.0 Å². The number of ether oxygens (including phenoxy) is 3. The highest BCUT2D eigenvalue weighted by atomic mass is 16.7. The van der Waals surface area contributed by atoms with E-state index in [1.165, 1.54) is 5.06 Å². The lowest BCUT2D eigenvalue weighted by Crippen LogP contribution is -2.38. The highest BCUT2D eigenvalue weighted by Gasteiger charge is 2.34. The van der Waals surface area contributed by atoms with Gasteiger partial charge in [-0.2, -0.15) is 4.99 Å². The van der Waals surface area contributed by atoms with Crippen LogP contribution in [0.4, 0.5) is 0 Å². The summed E-state index contributed by atoms with van der Waals surface area (Å²) in [5.41, 5.74) is 0.923. The van der Waals surface area contributed by atoms with Crippen LogP contribution in [0, 0.1) is 5.41 Å². The fourth-order valence-corrected chi connectivity index (χ4v) is 3.20. The number of allylic oxidation sites excluding steroid dienone is 1. The quantitative estimate of drug-likeness (QED) is 0.500. The second-order valence-corrected chi connectivity index (χ2v) is 7.09. The molecule has 32 heavy (non-hydrogen) atoms. The SMILES string of the molecule is COc1ccccc1OCCCOc1ccc(/C=C2/C(=N)N3OC(C)=CC3=NC2=O)cc1. The lowest BCUT2D eigenvalue weighted by atomic mass is 10.1. The first-order valence-electron chi connectivity index (χ1n) is 10.1. The third kappa shape index (κ3) is 4.64. The smallest absolute Gasteiger partial charge is 0.282 e. The van der Waals surface area contributed by atoms with Gasteiger partial charge in [-0.05, 0) is 42.8 Å². The molecule has 0 atom stereocenters. The summed E-state index contributed by atoms with van der Waals surface area (Å²) in [5.74, 6) is 2.52. The number of nitrogens with zero attached hydrogens (tertiary/aromatic N) is 2. The minimum Gasteiger partial charge on any atom is -0.493 e. The maximum Gasteiger partial charge on any atom is 0.282 e. The Morgan fingerprint density at radius 3 is 2.53 bits per heavy atom. The maximum absolute atomic E-state index is 12.3. The summed E-state index contributed by atoms with van der Waals surface area (Å²) in [6.07, 6.45) is 3.95. The molecule has 0 unspecified atom stereocenters. The van der Waals surface area contributed by atoms with Crippen molar-refractivity contribution in [3.05, 3.63) is 71.5 Å². The van der Waals surface area contributed by atoms with Crippen molar-refractivity contribution in [2.24, 2.45) is 4.99 Å². The normalized spacial score (nSPS) is 16.3. The Labute approximate surface area is 185 Å². The van der Waals surface area contributed by atoms with E-state index in [0.717, 1.165) is 5.56 Å². The van der Waals surface area contributed by atoms with Gasteiger partial charge in [-0.15, -0.1) is 5.06 Å². The molecule has 0 radical (unpaired) electrons. The van der Waals surface area contributed by atoms with E-state index in [1.54, 1.807) is 26.2 Å². The molecule has 8 nitrogen and oxygen atoms in total. The zero-order chi connectivity index (χ0) is 22.5. The molecule has 0 aromatic heterocycles. The number of fused-ring (bicyclic) bond motifs is 1. The number of hydrogen-bond acceptors (Lipinski definition) is 6. The van der Waals surface area contributed by atoms with Gasteiger partial charge in [0.05, 0.1) is 25.9 Å². The van der Waals surface area contributed by atoms with E-state index in [0.29, 0.717) is 48.5 Å². The van der Waals surface area contributed by atoms with E-state index in [1.807, 2.05) is 48.5 Å². The Kier molecular flexibility index (Phi) is 6.21. The van der Waals surface area contributed by atoms with Gasteiger partial charge in [-0.1, -0.05) is 24.3 Å². The van der Waals surface area contributed by atoms with Gasteiger partial charge < -0.3 is 19.0 Å². The number of carbonyl (C=O) groups is 1. The summed E-state index contributed by atoms with van der Waals surface area (Å²) in [4.78, 5) is 21.7. The zero-order valence-corrected chi connectivity index (χ0v) is 17.8. The van der Waals surface area contributed by atoms with Crippen molar-refractivity contribution in [1.82, 2.24) is 5.06 Å². The first-order chi connectivity index (χ1) is 15.5. The molecule has 164 valence electrons. The van der Waals surface area contributed by atoms with Crippen LogP contribution in [0.25, 0.3) is 6.08 Å². The van der Waals surface area contributed by atoms with E-state index < -0.39 is 5.91 Å². The van der Waals surface area contributed by atoms with E-state index in [2.05, 4.69) is 4.99 Å². The molecule has 2 heterocycles. The van der Waals surface area contributed by atoms with Crippen LogP contribution >= 0.6 is 0 Å². The van der Waals surface area contributed by atoms with Gasteiger partial charge in [0.2, 0.25) is 0 Å². The van der Waals surface area contributed by atoms with Gasteiger partial charge in [0.1, 0.15) is 11.5 Å². The monoisotopic (exact) mass is 433 g/mol. The van der Waals surface area contributed by atoms with E-state index in [9.17, 15) is 4.79 Å². The van der Waals surface area contributed by atoms with Crippen LogP contribution in [-0.2, 0) is 9.63 Å². The van der Waals surface area contributed by atoms with Crippen LogP contribution in [0.15, 0.2) is 70.9 Å². The molecule has 8 heteroatoms. The van der Waals surface area contributed by atoms with Crippen molar-refractivity contribution in [1.29, 1.82) is 5.41 Å². The van der Waals surface area contributed by atoms with Crippen molar-refractivity contribution in [3.8, 4) is 17.2 Å². The molecular formula is C24H23N3O5. The Balaban J connectivity index is 1.29. The second-order valence-electron chi connectivity index (χ2n) is 7.09. The molecule has 2 aromatic rings. The first kappa shape index (κ1) is 21.2. The molecule has 1 N–H and O–H groups in total. The third-order valence-corrected chi connectivity index (χ3v) is 4.76. The fourth-order valence-electron chi connectivity index (χ4n) is 3.20. The summed E-state index contributed by atoms with van der Waals surface area (Å²) >= 11 is 0. The van der Waals surface area contributed by atoms with Crippen molar-refractivity contribution in [3.63, 3.8) is 0 Å². The number of hydrogen-bond donors (Lipinski definition) is 1. The van der Waals surface area contributed by atoms with Gasteiger partial charge >= 0.3 is 0 Å². The summed E-state index contributed by atoms with van der Waals surface area (Å²) < 4.78 is 16.8. The molecule has 2 aromatic carbocycles. The van der Waals surface area contributed by atoms with E-state index in [-0.39, 0.29) is 11.4 Å².